The molecule has 1 N–H and O–H groups in total. The van der Waals surface area contributed by atoms with E-state index in [1.165, 1.54) is 28.7 Å². The Bertz CT molecular complexity index is 1440. The second-order valence-corrected chi connectivity index (χ2v) is 9.83. The fourth-order valence-corrected chi connectivity index (χ4v) is 5.16. The van der Waals surface area contributed by atoms with Crippen LogP contribution in [0.4, 0.5) is 5.69 Å². The second-order valence-electron chi connectivity index (χ2n) is 7.95. The molecular weight excluding hydrogens is 476 g/mol. The van der Waals surface area contributed by atoms with Gasteiger partial charge in [0.25, 0.3) is 5.91 Å². The van der Waals surface area contributed by atoms with E-state index in [1.54, 1.807) is 17.8 Å². The summed E-state index contributed by atoms with van der Waals surface area (Å²) in [5.74, 6) is 1.10. The first-order valence-electron chi connectivity index (χ1n) is 10.9. The van der Waals surface area contributed by atoms with E-state index in [1.807, 2.05) is 47.9 Å². The molecule has 0 fully saturated rings. The number of aromatic nitrogens is 5. The first-order valence-corrected chi connectivity index (χ1v) is 12.8. The van der Waals surface area contributed by atoms with Crippen LogP contribution < -0.4 is 5.32 Å². The van der Waals surface area contributed by atoms with Crippen LogP contribution in [0.15, 0.2) is 83.6 Å². The number of anilines is 1. The van der Waals surface area contributed by atoms with Gasteiger partial charge in [0.1, 0.15) is 10.7 Å². The zero-order valence-corrected chi connectivity index (χ0v) is 20.8. The smallest absolute Gasteiger partial charge is 0.275 e. The maximum Gasteiger partial charge on any atom is 0.275 e. The number of aryl methyl sites for hydroxylation is 2. The van der Waals surface area contributed by atoms with Crippen molar-refractivity contribution in [3.63, 3.8) is 0 Å². The maximum atomic E-state index is 12.6. The molecule has 0 radical (unpaired) electrons. The van der Waals surface area contributed by atoms with Crippen LogP contribution in [0.1, 0.15) is 26.6 Å². The molecule has 0 aliphatic heterocycles. The molecule has 5 rings (SSSR count). The molecule has 0 saturated carbocycles. The Morgan fingerprint density at radius 1 is 0.943 bits per heavy atom. The minimum Gasteiger partial charge on any atom is -0.321 e. The Morgan fingerprint density at radius 2 is 1.63 bits per heavy atom. The number of rotatable bonds is 7. The lowest BCUT2D eigenvalue weighted by Crippen LogP contribution is -2.12. The summed E-state index contributed by atoms with van der Waals surface area (Å²) in [4.78, 5) is 21.3. The van der Waals surface area contributed by atoms with Gasteiger partial charge < -0.3 is 5.32 Å². The summed E-state index contributed by atoms with van der Waals surface area (Å²) in [5.41, 5.74) is 5.39. The summed E-state index contributed by atoms with van der Waals surface area (Å²) in [6.07, 6.45) is 3.49. The van der Waals surface area contributed by atoms with Crippen LogP contribution in [0, 0.1) is 13.8 Å². The second kappa shape index (κ2) is 10.2. The monoisotopic (exact) mass is 498 g/mol. The molecule has 0 saturated heterocycles. The molecular formula is C26H22N6OS2. The lowest BCUT2D eigenvalue weighted by Gasteiger charge is -2.10. The molecule has 2 aromatic carbocycles. The Kier molecular flexibility index (Phi) is 6.69. The predicted molar refractivity (Wildman–Crippen MR) is 140 cm³/mol. The summed E-state index contributed by atoms with van der Waals surface area (Å²) in [6, 6.07) is 19.8. The first kappa shape index (κ1) is 22.9. The van der Waals surface area contributed by atoms with Crippen LogP contribution in [0.25, 0.3) is 17.1 Å². The molecule has 3 heterocycles. The Balaban J connectivity index is 1.35. The highest BCUT2D eigenvalue weighted by Crippen LogP contribution is 2.30. The van der Waals surface area contributed by atoms with Crippen molar-refractivity contribution >= 4 is 34.7 Å². The predicted octanol–water partition coefficient (Wildman–Crippen LogP) is 5.95. The number of nitrogens with one attached hydrogen (secondary N) is 1. The third kappa shape index (κ3) is 5.31. The lowest BCUT2D eigenvalue weighted by molar-refractivity contribution is 0.102. The third-order valence-electron chi connectivity index (χ3n) is 5.28. The molecule has 0 atom stereocenters. The molecule has 7 nitrogen and oxygen atoms in total. The van der Waals surface area contributed by atoms with Crippen molar-refractivity contribution in [2.45, 2.75) is 24.8 Å². The highest BCUT2D eigenvalue weighted by Gasteiger charge is 2.18. The van der Waals surface area contributed by atoms with Crippen LogP contribution in [0.2, 0.25) is 0 Å². The summed E-state index contributed by atoms with van der Waals surface area (Å²) < 4.78 is 2.04. The quantitative estimate of drug-likeness (QED) is 0.279. The molecule has 174 valence electrons. The van der Waals surface area contributed by atoms with Gasteiger partial charge in [0, 0.05) is 34.7 Å². The Morgan fingerprint density at radius 3 is 2.34 bits per heavy atom. The number of hydrogen-bond acceptors (Lipinski definition) is 7. The normalized spacial score (nSPS) is 10.9. The van der Waals surface area contributed by atoms with Crippen molar-refractivity contribution in [2.24, 2.45) is 0 Å². The van der Waals surface area contributed by atoms with Crippen molar-refractivity contribution < 1.29 is 4.79 Å². The van der Waals surface area contributed by atoms with E-state index in [0.29, 0.717) is 11.4 Å². The van der Waals surface area contributed by atoms with Crippen LogP contribution in [0.5, 0.6) is 0 Å². The van der Waals surface area contributed by atoms with E-state index in [9.17, 15) is 4.79 Å². The van der Waals surface area contributed by atoms with Crippen molar-refractivity contribution in [3.8, 4) is 17.1 Å². The van der Waals surface area contributed by atoms with Gasteiger partial charge in [-0.05, 0) is 50.2 Å². The number of carbonyl (C=O) groups excluding carboxylic acids is 1. The highest BCUT2D eigenvalue weighted by molar-refractivity contribution is 7.98. The summed E-state index contributed by atoms with van der Waals surface area (Å²) >= 11 is 2.99. The van der Waals surface area contributed by atoms with E-state index in [-0.39, 0.29) is 5.91 Å². The van der Waals surface area contributed by atoms with Crippen LogP contribution in [-0.2, 0) is 5.75 Å². The van der Waals surface area contributed by atoms with E-state index in [4.69, 9.17) is 0 Å². The van der Waals surface area contributed by atoms with Crippen LogP contribution in [0.3, 0.4) is 0 Å². The van der Waals surface area contributed by atoms with Gasteiger partial charge in [-0.25, -0.2) is 4.98 Å². The van der Waals surface area contributed by atoms with Crippen molar-refractivity contribution in [1.29, 1.82) is 0 Å². The third-order valence-corrected chi connectivity index (χ3v) is 7.25. The molecule has 35 heavy (non-hydrogen) atoms. The van der Waals surface area contributed by atoms with E-state index in [2.05, 4.69) is 56.7 Å². The summed E-state index contributed by atoms with van der Waals surface area (Å²) in [7, 11) is 0. The average molecular weight is 499 g/mol. The van der Waals surface area contributed by atoms with Gasteiger partial charge in [-0.3, -0.25) is 14.3 Å². The number of thiazole rings is 1. The molecule has 1 amide bonds. The fraction of sp³-hybridized carbons (Fsp3) is 0.115. The molecule has 5 aromatic rings. The van der Waals surface area contributed by atoms with Gasteiger partial charge in [0.2, 0.25) is 0 Å². The highest BCUT2D eigenvalue weighted by atomic mass is 32.2. The number of nitrogens with zero attached hydrogens (tertiary/aromatic N) is 5. The van der Waals surface area contributed by atoms with E-state index in [0.717, 1.165) is 38.5 Å². The van der Waals surface area contributed by atoms with Crippen LogP contribution >= 0.6 is 23.1 Å². The molecule has 0 aliphatic carbocycles. The van der Waals surface area contributed by atoms with Gasteiger partial charge in [-0.1, -0.05) is 47.2 Å². The SMILES string of the molecule is Cc1ccc(NC(=O)c2csc(CSc3nnc(-c4ccncc4)n3-c3ccc(C)cc3)n2)cc1. The molecule has 0 aliphatic rings. The zero-order chi connectivity index (χ0) is 24.2. The Hall–Kier alpha value is -3.82. The van der Waals surface area contributed by atoms with Crippen molar-refractivity contribution in [1.82, 2.24) is 24.7 Å². The van der Waals surface area contributed by atoms with Gasteiger partial charge in [0.05, 0.1) is 5.75 Å². The summed E-state index contributed by atoms with van der Waals surface area (Å²) in [5, 5.41) is 15.2. The standard InChI is InChI=1S/C26H22N6OS2/c1-17-3-7-20(8-4-17)28-25(33)22-15-34-23(29-22)16-35-26-31-30-24(19-11-13-27-14-12-19)32(26)21-9-5-18(2)6-10-21/h3-15H,16H2,1-2H3,(H,28,33). The van der Waals surface area contributed by atoms with E-state index >= 15 is 0 Å². The Labute approximate surface area is 211 Å². The maximum absolute atomic E-state index is 12.6. The number of hydrogen-bond donors (Lipinski definition) is 1. The number of pyridine rings is 1. The van der Waals surface area contributed by atoms with Gasteiger partial charge in [0.15, 0.2) is 11.0 Å². The number of thioether (sulfide) groups is 1. The minimum atomic E-state index is -0.218. The van der Waals surface area contributed by atoms with Gasteiger partial charge >= 0.3 is 0 Å². The molecule has 0 bridgehead atoms. The summed E-state index contributed by atoms with van der Waals surface area (Å²) in [6.45, 7) is 4.07. The minimum absolute atomic E-state index is 0.218. The average Bonchev–Trinajstić information content (AvgIpc) is 3.53. The van der Waals surface area contributed by atoms with E-state index < -0.39 is 0 Å². The first-order chi connectivity index (χ1) is 17.1. The fourth-order valence-electron chi connectivity index (χ4n) is 3.42. The largest absolute Gasteiger partial charge is 0.321 e. The topological polar surface area (TPSA) is 85.6 Å². The zero-order valence-electron chi connectivity index (χ0n) is 19.2. The molecule has 0 unspecified atom stereocenters. The van der Waals surface area contributed by atoms with Gasteiger partial charge in [-0.15, -0.1) is 21.5 Å². The number of benzene rings is 2. The van der Waals surface area contributed by atoms with Gasteiger partial charge in [-0.2, -0.15) is 0 Å². The lowest BCUT2D eigenvalue weighted by atomic mass is 10.2. The van der Waals surface area contributed by atoms with Crippen molar-refractivity contribution in [2.75, 3.05) is 5.32 Å². The molecule has 9 heteroatoms. The molecule has 0 spiro atoms. The van der Waals surface area contributed by atoms with Crippen LogP contribution in [-0.4, -0.2) is 30.6 Å². The molecule has 3 aromatic heterocycles. The number of carbonyl (C=O) groups is 1. The number of amides is 1. The van der Waals surface area contributed by atoms with Crippen molar-refractivity contribution in [3.05, 3.63) is 100 Å².